The fourth-order valence-electron chi connectivity index (χ4n) is 3.39. The second-order valence-electron chi connectivity index (χ2n) is 6.55. The van der Waals surface area contributed by atoms with Crippen LogP contribution in [0.1, 0.15) is 23.6 Å². The van der Waals surface area contributed by atoms with Crippen LogP contribution in [0.5, 0.6) is 0 Å². The Morgan fingerprint density at radius 3 is 1.66 bits per heavy atom. The van der Waals surface area contributed by atoms with Gasteiger partial charge in [-0.2, -0.15) is 0 Å². The maximum Gasteiger partial charge on any atom is 0.331 e. The minimum atomic E-state index is -0.400. The zero-order chi connectivity index (χ0) is 20.5. The van der Waals surface area contributed by atoms with E-state index in [1.807, 2.05) is 25.1 Å². The van der Waals surface area contributed by atoms with Gasteiger partial charge in [0.15, 0.2) is 0 Å². The van der Waals surface area contributed by atoms with Crippen LogP contribution in [0.15, 0.2) is 91.0 Å². The highest BCUT2D eigenvalue weighted by Gasteiger charge is 2.36. The summed E-state index contributed by atoms with van der Waals surface area (Å²) in [7, 11) is 0. The number of halogens is 1. The first-order valence-corrected chi connectivity index (χ1v) is 11.0. The number of thioether (sulfide) groups is 1. The molecular weight excluding hydrogens is 400 g/mol. The molecule has 0 saturated heterocycles. The van der Waals surface area contributed by atoms with Crippen LogP contribution in [-0.4, -0.2) is 29.3 Å². The molecule has 0 aliphatic heterocycles. The predicted molar refractivity (Wildman–Crippen MR) is 123 cm³/mol. The average Bonchev–Trinajstić information content (AvgIpc) is 2.78. The molecule has 0 bridgehead atoms. The van der Waals surface area contributed by atoms with Crippen LogP contribution >= 0.6 is 23.5 Å². The minimum absolute atomic E-state index is 0.264. The maximum absolute atomic E-state index is 12.0. The third-order valence-electron chi connectivity index (χ3n) is 4.70. The number of carbonyl (C=O) groups excluding carboxylic acids is 1. The molecule has 0 atom stereocenters. The molecule has 0 spiro atoms. The fraction of sp³-hybridized carbons (Fsp3) is 0.208. The average molecular weight is 425 g/mol. The van der Waals surface area contributed by atoms with Crippen molar-refractivity contribution < 1.29 is 4.79 Å². The smallest absolute Gasteiger partial charge is 0.331 e. The normalized spacial score (nSPS) is 11.1. The van der Waals surface area contributed by atoms with Gasteiger partial charge in [-0.3, -0.25) is 0 Å². The molecule has 0 saturated carbocycles. The van der Waals surface area contributed by atoms with Crippen molar-refractivity contribution in [3.05, 3.63) is 108 Å². The highest BCUT2D eigenvalue weighted by Crippen LogP contribution is 2.48. The van der Waals surface area contributed by atoms with Crippen LogP contribution in [-0.2, 0) is 4.75 Å². The summed E-state index contributed by atoms with van der Waals surface area (Å²) in [6, 6.07) is 31.2. The Bertz CT molecular complexity index is 794. The maximum atomic E-state index is 12.0. The van der Waals surface area contributed by atoms with E-state index in [0.29, 0.717) is 18.8 Å². The number of nitrogens with one attached hydrogen (secondary N) is 1. The number of rotatable bonds is 8. The quantitative estimate of drug-likeness (QED) is 0.360. The molecule has 0 radical (unpaired) electrons. The molecule has 150 valence electrons. The minimum Gasteiger partial charge on any atom is -0.337 e. The Morgan fingerprint density at radius 2 is 1.28 bits per heavy atom. The molecule has 3 rings (SSSR count). The zero-order valence-electron chi connectivity index (χ0n) is 16.4. The van der Waals surface area contributed by atoms with E-state index in [-0.39, 0.29) is 6.03 Å². The lowest BCUT2D eigenvalue weighted by atomic mass is 9.84. The van der Waals surface area contributed by atoms with E-state index >= 15 is 0 Å². The summed E-state index contributed by atoms with van der Waals surface area (Å²) in [5, 5.41) is 2.73. The van der Waals surface area contributed by atoms with E-state index in [2.05, 4.69) is 78.1 Å². The molecule has 5 heteroatoms. The molecule has 0 aliphatic rings. The number of urea groups is 1. The van der Waals surface area contributed by atoms with Gasteiger partial charge in [0.05, 0.1) is 4.75 Å². The van der Waals surface area contributed by atoms with Gasteiger partial charge in [0.2, 0.25) is 0 Å². The van der Waals surface area contributed by atoms with Crippen molar-refractivity contribution in [2.45, 2.75) is 11.7 Å². The van der Waals surface area contributed by atoms with Gasteiger partial charge < -0.3 is 5.32 Å². The third kappa shape index (κ3) is 4.95. The summed E-state index contributed by atoms with van der Waals surface area (Å²) < 4.78 is 0.824. The topological polar surface area (TPSA) is 32.3 Å². The Morgan fingerprint density at radius 1 is 0.862 bits per heavy atom. The van der Waals surface area contributed by atoms with Crippen molar-refractivity contribution in [2.24, 2.45) is 0 Å². The lowest BCUT2D eigenvalue weighted by Crippen LogP contribution is -2.35. The first kappa shape index (κ1) is 21.3. The summed E-state index contributed by atoms with van der Waals surface area (Å²) in [6.45, 7) is 2.87. The second-order valence-corrected chi connectivity index (χ2v) is 8.27. The van der Waals surface area contributed by atoms with Gasteiger partial charge in [0.1, 0.15) is 0 Å². The molecule has 2 amide bonds. The summed E-state index contributed by atoms with van der Waals surface area (Å²) in [6.07, 6.45) is 0. The Balaban J connectivity index is 2.00. The monoisotopic (exact) mass is 424 g/mol. The summed E-state index contributed by atoms with van der Waals surface area (Å²) in [5.74, 6) is 0.680. The predicted octanol–water partition coefficient (Wildman–Crippen LogP) is 5.90. The molecule has 3 nitrogen and oxygen atoms in total. The van der Waals surface area contributed by atoms with Crippen molar-refractivity contribution in [2.75, 3.05) is 18.8 Å². The third-order valence-corrected chi connectivity index (χ3v) is 6.54. The van der Waals surface area contributed by atoms with Crippen molar-refractivity contribution in [3.8, 4) is 0 Å². The van der Waals surface area contributed by atoms with Crippen LogP contribution in [0.25, 0.3) is 0 Å². The van der Waals surface area contributed by atoms with Crippen LogP contribution in [0.4, 0.5) is 4.79 Å². The summed E-state index contributed by atoms with van der Waals surface area (Å²) in [4.78, 5) is 12.0. The molecular formula is C24H25ClN2OS. The van der Waals surface area contributed by atoms with Gasteiger partial charge in [0, 0.05) is 30.6 Å². The molecule has 0 heterocycles. The molecule has 29 heavy (non-hydrogen) atoms. The van der Waals surface area contributed by atoms with Crippen LogP contribution in [0, 0.1) is 0 Å². The van der Waals surface area contributed by atoms with E-state index in [9.17, 15) is 4.79 Å². The SMILES string of the molecule is CCNC(=O)N(Cl)CCSC(c1ccccc1)(c1ccccc1)c1ccccc1. The van der Waals surface area contributed by atoms with E-state index in [1.54, 1.807) is 11.8 Å². The highest BCUT2D eigenvalue weighted by molar-refractivity contribution is 8.00. The molecule has 0 aromatic heterocycles. The standard InChI is InChI=1S/C24H25ClN2OS/c1-2-26-23(28)27(25)18-19-29-24(20-12-6-3-7-13-20,21-14-8-4-9-15-21)22-16-10-5-11-17-22/h3-17H,2,18-19H2,1H3,(H,26,28). The first-order chi connectivity index (χ1) is 14.2. The number of hydrogen-bond donors (Lipinski definition) is 1. The Kier molecular flexibility index (Phi) is 7.62. The van der Waals surface area contributed by atoms with Crippen LogP contribution < -0.4 is 5.32 Å². The van der Waals surface area contributed by atoms with Crippen molar-refractivity contribution in [3.63, 3.8) is 0 Å². The van der Waals surface area contributed by atoms with Gasteiger partial charge in [-0.1, -0.05) is 91.0 Å². The lowest BCUT2D eigenvalue weighted by molar-refractivity contribution is 0.226. The molecule has 1 N–H and O–H groups in total. The highest BCUT2D eigenvalue weighted by atomic mass is 35.5. The van der Waals surface area contributed by atoms with Crippen LogP contribution in [0.3, 0.4) is 0 Å². The number of benzene rings is 3. The van der Waals surface area contributed by atoms with Gasteiger partial charge in [0.25, 0.3) is 0 Å². The van der Waals surface area contributed by atoms with Crippen molar-refractivity contribution >= 4 is 29.6 Å². The van der Waals surface area contributed by atoms with Crippen molar-refractivity contribution in [1.29, 1.82) is 0 Å². The molecule has 0 unspecified atom stereocenters. The van der Waals surface area contributed by atoms with E-state index < -0.39 is 4.75 Å². The first-order valence-electron chi connectivity index (χ1n) is 9.70. The summed E-state index contributed by atoms with van der Waals surface area (Å²) >= 11 is 7.97. The fourth-order valence-corrected chi connectivity index (χ4v) is 5.12. The molecule has 3 aromatic rings. The molecule has 0 fully saturated rings. The largest absolute Gasteiger partial charge is 0.337 e. The Hall–Kier alpha value is -2.43. The second kappa shape index (κ2) is 10.4. The zero-order valence-corrected chi connectivity index (χ0v) is 18.0. The van der Waals surface area contributed by atoms with Crippen LogP contribution in [0.2, 0.25) is 0 Å². The van der Waals surface area contributed by atoms with Gasteiger partial charge in [-0.05, 0) is 23.6 Å². The molecule has 3 aromatic carbocycles. The van der Waals surface area contributed by atoms with Gasteiger partial charge in [-0.25, -0.2) is 9.21 Å². The van der Waals surface area contributed by atoms with E-state index in [1.165, 1.54) is 21.1 Å². The Labute approximate surface area is 182 Å². The lowest BCUT2D eigenvalue weighted by Gasteiger charge is -2.35. The van der Waals surface area contributed by atoms with Gasteiger partial charge in [-0.15, -0.1) is 11.8 Å². The van der Waals surface area contributed by atoms with E-state index in [0.717, 1.165) is 0 Å². The number of carbonyl (C=O) groups is 1. The summed E-state index contributed by atoms with van der Waals surface area (Å²) in [5.41, 5.74) is 3.59. The van der Waals surface area contributed by atoms with Crippen molar-refractivity contribution in [1.82, 2.24) is 9.74 Å². The molecule has 0 aliphatic carbocycles. The van der Waals surface area contributed by atoms with E-state index in [4.69, 9.17) is 11.8 Å². The van der Waals surface area contributed by atoms with Gasteiger partial charge >= 0.3 is 6.03 Å². The number of hydrogen-bond acceptors (Lipinski definition) is 2. The number of nitrogens with zero attached hydrogens (tertiary/aromatic N) is 1. The number of amides is 2.